The Morgan fingerprint density at radius 3 is 2.09 bits per heavy atom. The molecule has 1 amide bonds. The number of halogens is 5. The summed E-state index contributed by atoms with van der Waals surface area (Å²) in [4.78, 5) is 10.7. The maximum atomic E-state index is 13.1. The number of anilines is 2. The Labute approximate surface area is 130 Å². The number of hydrogen-bond donors (Lipinski definition) is 1. The smallest absolute Gasteiger partial charge is 0.326 e. The Balaban J connectivity index is 0.00000149. The minimum Gasteiger partial charge on any atom is -0.326 e. The van der Waals surface area contributed by atoms with Gasteiger partial charge in [0.15, 0.2) is 0 Å². The van der Waals surface area contributed by atoms with E-state index in [2.05, 4.69) is 0 Å². The maximum absolute atomic E-state index is 13.1. The zero-order valence-corrected chi connectivity index (χ0v) is 12.6. The molecule has 0 aliphatic heterocycles. The van der Waals surface area contributed by atoms with Crippen molar-refractivity contribution >= 4 is 39.3 Å². The minimum absolute atomic E-state index is 0.286. The van der Waals surface area contributed by atoms with Gasteiger partial charge < -0.3 is 5.32 Å². The van der Waals surface area contributed by atoms with Crippen molar-refractivity contribution in [3.05, 3.63) is 23.8 Å². The van der Waals surface area contributed by atoms with E-state index in [9.17, 15) is 34.8 Å². The molecule has 0 unspecified atom stereocenters. The van der Waals surface area contributed by atoms with Crippen LogP contribution in [0.5, 0.6) is 0 Å². The van der Waals surface area contributed by atoms with Crippen LogP contribution >= 0.6 is 0 Å². The molecule has 1 rings (SSSR count). The van der Waals surface area contributed by atoms with Crippen LogP contribution in [0.3, 0.4) is 0 Å². The van der Waals surface area contributed by atoms with Crippen molar-refractivity contribution in [1.82, 2.24) is 0 Å². The van der Waals surface area contributed by atoms with E-state index < -0.39 is 49.8 Å². The molecule has 7 nitrogen and oxygen atoms in total. The van der Waals surface area contributed by atoms with Crippen LogP contribution in [0.2, 0.25) is 0 Å². The summed E-state index contributed by atoms with van der Waals surface area (Å²) in [5.41, 5.74) is -3.65. The summed E-state index contributed by atoms with van der Waals surface area (Å²) in [6, 6.07) is 1.46. The lowest BCUT2D eigenvalue weighted by atomic mass is 10.1. The van der Waals surface area contributed by atoms with Crippen molar-refractivity contribution in [3.63, 3.8) is 0 Å². The van der Waals surface area contributed by atoms with Gasteiger partial charge in [0.1, 0.15) is 5.69 Å². The third-order valence-electron chi connectivity index (χ3n) is 2.00. The molecule has 14 heteroatoms. The second kappa shape index (κ2) is 7.96. The quantitative estimate of drug-likeness (QED) is 0.489. The lowest BCUT2D eigenvalue weighted by Crippen LogP contribution is -2.21. The molecule has 0 saturated heterocycles. The molecule has 23 heavy (non-hydrogen) atoms. The number of rotatable bonds is 3. The van der Waals surface area contributed by atoms with Crippen LogP contribution in [-0.2, 0) is 33.0 Å². The molecule has 0 spiro atoms. The van der Waals surface area contributed by atoms with Crippen LogP contribution in [0.4, 0.5) is 32.9 Å². The monoisotopic (exact) mass is 382 g/mol. The van der Waals surface area contributed by atoms with Gasteiger partial charge in [0.2, 0.25) is 5.91 Å². The number of carbonyl (C=O) groups is 1. The van der Waals surface area contributed by atoms with Gasteiger partial charge in [-0.25, -0.2) is 0 Å². The van der Waals surface area contributed by atoms with E-state index in [1.54, 1.807) is 0 Å². The molecule has 0 fully saturated rings. The lowest BCUT2D eigenvalue weighted by molar-refractivity contribution is -0.137. The van der Waals surface area contributed by atoms with E-state index in [-0.39, 0.29) is 11.8 Å². The number of nitrogens with zero attached hydrogens (tertiary/aromatic N) is 1. The maximum Gasteiger partial charge on any atom is 0.426 e. The van der Waals surface area contributed by atoms with Gasteiger partial charge in [-0.05, 0) is 18.2 Å². The highest BCUT2D eigenvalue weighted by atomic mass is 32.3. The summed E-state index contributed by atoms with van der Waals surface area (Å²) < 4.78 is 99.2. The molecule has 0 saturated carbocycles. The summed E-state index contributed by atoms with van der Waals surface area (Å²) in [5.74, 6) is -0.693. The fraction of sp³-hybridized carbons (Fsp3) is 0.222. The molecule has 0 atom stereocenters. The Bertz CT molecular complexity index is 716. The highest BCUT2D eigenvalue weighted by Crippen LogP contribution is 2.39. The van der Waals surface area contributed by atoms with Gasteiger partial charge in [0.25, 0.3) is 0 Å². The Kier molecular flexibility index (Phi) is 7.24. The van der Waals surface area contributed by atoms with Crippen molar-refractivity contribution in [2.45, 2.75) is 13.1 Å². The number of nitrogens with one attached hydrogen (secondary N) is 1. The summed E-state index contributed by atoms with van der Waals surface area (Å²) in [7, 11) is -6.00. The van der Waals surface area contributed by atoms with Crippen molar-refractivity contribution in [2.75, 3.05) is 9.84 Å². The Hall–Kier alpha value is -2.09. The van der Waals surface area contributed by atoms with E-state index in [0.29, 0.717) is 6.07 Å². The van der Waals surface area contributed by atoms with Gasteiger partial charge in [-0.15, -0.1) is 0 Å². The lowest BCUT2D eigenvalue weighted by Gasteiger charge is -2.17. The van der Waals surface area contributed by atoms with E-state index >= 15 is 0 Å². The van der Waals surface area contributed by atoms with Gasteiger partial charge >= 0.3 is 28.2 Å². The van der Waals surface area contributed by atoms with Crippen LogP contribution in [0.25, 0.3) is 0 Å². The predicted molar refractivity (Wildman–Crippen MR) is 68.3 cm³/mol. The zero-order valence-electron chi connectivity index (χ0n) is 10.9. The van der Waals surface area contributed by atoms with Crippen molar-refractivity contribution < 1.29 is 43.2 Å². The molecule has 1 N–H and O–H groups in total. The molecule has 0 aliphatic rings. The fourth-order valence-corrected chi connectivity index (χ4v) is 1.71. The van der Waals surface area contributed by atoms with Crippen molar-refractivity contribution in [2.24, 2.45) is 0 Å². The molecule has 0 heterocycles. The van der Waals surface area contributed by atoms with E-state index in [1.807, 2.05) is 5.32 Å². The second-order valence-electron chi connectivity index (χ2n) is 3.64. The summed E-state index contributed by atoms with van der Waals surface area (Å²) in [6.45, 7) is 1.02. The second-order valence-corrected chi connectivity index (χ2v) is 4.92. The van der Waals surface area contributed by atoms with Crippen LogP contribution in [0, 0.1) is 0 Å². The van der Waals surface area contributed by atoms with E-state index in [4.69, 9.17) is 8.42 Å². The summed E-state index contributed by atoms with van der Waals surface area (Å²) in [6.07, 6.45) is -5.15. The Morgan fingerprint density at radius 2 is 1.74 bits per heavy atom. The van der Waals surface area contributed by atoms with Crippen LogP contribution < -0.4 is 9.84 Å². The van der Waals surface area contributed by atoms with Crippen LogP contribution in [-0.4, -0.2) is 22.7 Å². The minimum atomic E-state index is -6.00. The van der Waals surface area contributed by atoms with Crippen molar-refractivity contribution in [3.8, 4) is 0 Å². The van der Waals surface area contributed by atoms with E-state index in [1.165, 1.54) is 0 Å². The highest BCUT2D eigenvalue weighted by molar-refractivity contribution is 7.87. The molecule has 0 aromatic heterocycles. The predicted octanol–water partition coefficient (Wildman–Crippen LogP) is 1.90. The Morgan fingerprint density at radius 1 is 1.26 bits per heavy atom. The van der Waals surface area contributed by atoms with Gasteiger partial charge in [-0.2, -0.15) is 30.0 Å². The van der Waals surface area contributed by atoms with Gasteiger partial charge in [-0.1, -0.05) is 12.9 Å². The molecular weight excluding hydrogens is 375 g/mol. The number of alkyl halides is 3. The fourth-order valence-electron chi connectivity index (χ4n) is 1.31. The molecular formula is C9H7F5N2O5S2. The number of hydrogen-bond acceptors (Lipinski definition) is 5. The van der Waals surface area contributed by atoms with Crippen LogP contribution in [0.1, 0.15) is 12.5 Å². The first-order valence-corrected chi connectivity index (χ1v) is 7.16. The average Bonchev–Trinajstić information content (AvgIpc) is 2.36. The number of amides is 1. The zero-order chi connectivity index (χ0) is 18.4. The largest absolute Gasteiger partial charge is 0.426 e. The standard InChI is InChI=1S/C9H7F5N2O3S.O2S/c1-5(17)15-6-2-3-8(16(13)20(14,18)19)7(4-6)9(10,11)12;1-3-2/h2-4H,1H3,(H,15,17);. The normalized spacial score (nSPS) is 11.0. The third kappa shape index (κ3) is 6.68. The molecule has 1 aromatic carbocycles. The number of benzene rings is 1. The topological polar surface area (TPSA) is 101 Å². The number of carbonyl (C=O) groups excluding carboxylic acids is 1. The molecule has 0 bridgehead atoms. The molecule has 0 aliphatic carbocycles. The third-order valence-corrected chi connectivity index (χ3v) is 2.58. The first kappa shape index (κ1) is 20.9. The van der Waals surface area contributed by atoms with Gasteiger partial charge in [-0.3, -0.25) is 4.79 Å². The van der Waals surface area contributed by atoms with E-state index in [0.717, 1.165) is 13.0 Å². The summed E-state index contributed by atoms with van der Waals surface area (Å²) in [5, 5.41) is 2.00. The molecule has 0 radical (unpaired) electrons. The van der Waals surface area contributed by atoms with Gasteiger partial charge in [0, 0.05) is 12.6 Å². The average molecular weight is 382 g/mol. The first-order valence-electron chi connectivity index (χ1n) is 5.16. The van der Waals surface area contributed by atoms with Crippen LogP contribution in [0.15, 0.2) is 18.2 Å². The van der Waals surface area contributed by atoms with Gasteiger partial charge in [0.05, 0.1) is 5.56 Å². The SMILES string of the molecule is CC(=O)Nc1ccc(N(F)S(=O)(=O)F)c(C(F)(F)F)c1.O=S=O. The van der Waals surface area contributed by atoms with Crippen molar-refractivity contribution in [1.29, 1.82) is 0 Å². The highest BCUT2D eigenvalue weighted by Gasteiger charge is 2.38. The summed E-state index contributed by atoms with van der Waals surface area (Å²) >= 11 is -0.750. The molecule has 130 valence electrons. The molecule has 1 aromatic rings. The first-order chi connectivity index (χ1) is 10.3.